The normalized spacial score (nSPS) is 9.28. The third-order valence-corrected chi connectivity index (χ3v) is 2.96. The van der Waals surface area contributed by atoms with Crippen molar-refractivity contribution in [3.63, 3.8) is 0 Å². The SMILES string of the molecule is O=C(O)CNC(=O)c1ccccc1.O=Cc1ccccc1CC(=O)O. The van der Waals surface area contributed by atoms with Crippen LogP contribution < -0.4 is 5.32 Å². The molecule has 0 unspecified atom stereocenters. The van der Waals surface area contributed by atoms with Gasteiger partial charge >= 0.3 is 11.9 Å². The van der Waals surface area contributed by atoms with Gasteiger partial charge in [0.1, 0.15) is 12.8 Å². The van der Waals surface area contributed by atoms with Crippen molar-refractivity contribution in [2.45, 2.75) is 6.42 Å². The zero-order chi connectivity index (χ0) is 18.7. The second-order valence-electron chi connectivity index (χ2n) is 4.83. The lowest BCUT2D eigenvalue weighted by atomic mass is 10.1. The van der Waals surface area contributed by atoms with Crippen LogP contribution in [-0.4, -0.2) is 40.9 Å². The first-order valence-corrected chi connectivity index (χ1v) is 7.24. The van der Waals surface area contributed by atoms with E-state index in [0.29, 0.717) is 23.0 Å². The standard InChI is InChI=1S/C9H9NO3.C9H8O3/c11-8(12)6-10-9(13)7-4-2-1-3-5-7;10-6-8-4-2-1-3-7(8)5-9(11)12/h1-5H,6H2,(H,10,13)(H,11,12);1-4,6H,5H2,(H,11,12). The van der Waals surface area contributed by atoms with Gasteiger partial charge in [0, 0.05) is 11.1 Å². The molecule has 1 amide bonds. The summed E-state index contributed by atoms with van der Waals surface area (Å²) in [6, 6.07) is 15.1. The van der Waals surface area contributed by atoms with Crippen molar-refractivity contribution >= 4 is 24.1 Å². The Balaban J connectivity index is 0.000000251. The lowest BCUT2D eigenvalue weighted by Gasteiger charge is -2.00. The van der Waals surface area contributed by atoms with Crippen LogP contribution in [0.2, 0.25) is 0 Å². The Kier molecular flexibility index (Phi) is 8.08. The number of benzene rings is 2. The predicted molar refractivity (Wildman–Crippen MR) is 89.6 cm³/mol. The third kappa shape index (κ3) is 7.56. The summed E-state index contributed by atoms with van der Waals surface area (Å²) in [6.07, 6.45) is 0.563. The highest BCUT2D eigenvalue weighted by Gasteiger charge is 2.05. The first kappa shape index (κ1) is 19.6. The van der Waals surface area contributed by atoms with Crippen LogP contribution in [0.25, 0.3) is 0 Å². The highest BCUT2D eigenvalue weighted by Crippen LogP contribution is 2.06. The lowest BCUT2D eigenvalue weighted by molar-refractivity contribution is -0.137. The molecule has 0 saturated heterocycles. The number of amides is 1. The maximum absolute atomic E-state index is 11.2. The van der Waals surface area contributed by atoms with Gasteiger partial charge in [-0.05, 0) is 17.7 Å². The molecule has 0 heterocycles. The van der Waals surface area contributed by atoms with Gasteiger partial charge in [-0.2, -0.15) is 0 Å². The fourth-order valence-electron chi connectivity index (χ4n) is 1.82. The highest BCUT2D eigenvalue weighted by atomic mass is 16.4. The number of hydrogen-bond acceptors (Lipinski definition) is 4. The first-order chi connectivity index (χ1) is 11.9. The number of hydrogen-bond donors (Lipinski definition) is 3. The molecule has 7 nitrogen and oxygen atoms in total. The Morgan fingerprint density at radius 3 is 2.04 bits per heavy atom. The number of carboxylic acids is 2. The average Bonchev–Trinajstić information content (AvgIpc) is 2.61. The van der Waals surface area contributed by atoms with Gasteiger partial charge in [0.15, 0.2) is 0 Å². The molecule has 0 aromatic heterocycles. The Bertz CT molecular complexity index is 742. The second kappa shape index (κ2) is 10.3. The van der Waals surface area contributed by atoms with Gasteiger partial charge in [0.05, 0.1) is 6.42 Å². The van der Waals surface area contributed by atoms with Crippen LogP contribution in [0.3, 0.4) is 0 Å². The molecule has 0 aliphatic carbocycles. The molecule has 2 rings (SSSR count). The molecule has 0 saturated carbocycles. The summed E-state index contributed by atoms with van der Waals surface area (Å²) in [7, 11) is 0. The number of rotatable bonds is 6. The van der Waals surface area contributed by atoms with E-state index in [0.717, 1.165) is 0 Å². The van der Waals surface area contributed by atoms with Crippen LogP contribution in [0, 0.1) is 0 Å². The molecule has 2 aromatic rings. The Hall–Kier alpha value is -3.48. The fourth-order valence-corrected chi connectivity index (χ4v) is 1.82. The maximum atomic E-state index is 11.2. The molecule has 0 bridgehead atoms. The summed E-state index contributed by atoms with van der Waals surface area (Å²) >= 11 is 0. The van der Waals surface area contributed by atoms with Crippen LogP contribution >= 0.6 is 0 Å². The lowest BCUT2D eigenvalue weighted by Crippen LogP contribution is -2.29. The molecule has 0 aliphatic heterocycles. The van der Waals surface area contributed by atoms with E-state index in [9.17, 15) is 19.2 Å². The molecule has 0 radical (unpaired) electrons. The number of carbonyl (C=O) groups excluding carboxylic acids is 2. The van der Waals surface area contributed by atoms with Crippen molar-refractivity contribution in [1.82, 2.24) is 5.32 Å². The van der Waals surface area contributed by atoms with E-state index in [-0.39, 0.29) is 18.9 Å². The molecular formula is C18H17NO6. The van der Waals surface area contributed by atoms with Crippen LogP contribution in [0.15, 0.2) is 54.6 Å². The predicted octanol–water partition coefficient (Wildman–Crippen LogP) is 1.63. The minimum Gasteiger partial charge on any atom is -0.481 e. The average molecular weight is 343 g/mol. The quantitative estimate of drug-likeness (QED) is 0.686. The van der Waals surface area contributed by atoms with E-state index in [4.69, 9.17) is 10.2 Å². The third-order valence-electron chi connectivity index (χ3n) is 2.96. The molecule has 0 spiro atoms. The van der Waals surface area contributed by atoms with Crippen molar-refractivity contribution in [2.75, 3.05) is 6.54 Å². The molecule has 25 heavy (non-hydrogen) atoms. The molecular weight excluding hydrogens is 326 g/mol. The molecule has 2 aromatic carbocycles. The maximum Gasteiger partial charge on any atom is 0.322 e. The molecule has 0 atom stereocenters. The van der Waals surface area contributed by atoms with Gasteiger partial charge in [-0.1, -0.05) is 42.5 Å². The summed E-state index contributed by atoms with van der Waals surface area (Å²) in [5.41, 5.74) is 1.46. The van der Waals surface area contributed by atoms with Gasteiger partial charge < -0.3 is 15.5 Å². The molecule has 130 valence electrons. The Labute approximate surface area is 143 Å². The van der Waals surface area contributed by atoms with Crippen molar-refractivity contribution in [3.05, 3.63) is 71.3 Å². The van der Waals surface area contributed by atoms with E-state index >= 15 is 0 Å². The van der Waals surface area contributed by atoms with Crippen molar-refractivity contribution in [2.24, 2.45) is 0 Å². The second-order valence-corrected chi connectivity index (χ2v) is 4.83. The van der Waals surface area contributed by atoms with Crippen LogP contribution in [-0.2, 0) is 16.0 Å². The minimum atomic E-state index is -1.05. The smallest absolute Gasteiger partial charge is 0.322 e. The Morgan fingerprint density at radius 1 is 0.880 bits per heavy atom. The zero-order valence-electron chi connectivity index (χ0n) is 13.2. The van der Waals surface area contributed by atoms with Crippen LogP contribution in [0.5, 0.6) is 0 Å². The molecule has 7 heteroatoms. The fraction of sp³-hybridized carbons (Fsp3) is 0.111. The van der Waals surface area contributed by atoms with Crippen molar-refractivity contribution in [1.29, 1.82) is 0 Å². The first-order valence-electron chi connectivity index (χ1n) is 7.24. The monoisotopic (exact) mass is 343 g/mol. The van der Waals surface area contributed by atoms with E-state index < -0.39 is 11.9 Å². The summed E-state index contributed by atoms with van der Waals surface area (Å²) < 4.78 is 0. The summed E-state index contributed by atoms with van der Waals surface area (Å²) in [5.74, 6) is -2.35. The van der Waals surface area contributed by atoms with Crippen LogP contribution in [0.1, 0.15) is 26.3 Å². The molecule has 0 fully saturated rings. The van der Waals surface area contributed by atoms with Gasteiger partial charge in [-0.25, -0.2) is 0 Å². The number of aldehydes is 1. The van der Waals surface area contributed by atoms with E-state index in [1.54, 1.807) is 54.6 Å². The van der Waals surface area contributed by atoms with Crippen molar-refractivity contribution in [3.8, 4) is 0 Å². The van der Waals surface area contributed by atoms with Crippen LogP contribution in [0.4, 0.5) is 0 Å². The van der Waals surface area contributed by atoms with Gasteiger partial charge in [0.25, 0.3) is 5.91 Å². The number of nitrogens with one attached hydrogen (secondary N) is 1. The highest BCUT2D eigenvalue weighted by molar-refractivity contribution is 5.95. The molecule has 0 aliphatic rings. The summed E-state index contributed by atoms with van der Waals surface area (Å²) in [6.45, 7) is -0.353. The van der Waals surface area contributed by atoms with Gasteiger partial charge in [-0.15, -0.1) is 0 Å². The minimum absolute atomic E-state index is 0.102. The zero-order valence-corrected chi connectivity index (χ0v) is 13.2. The van der Waals surface area contributed by atoms with Gasteiger partial charge in [0.2, 0.25) is 0 Å². The Morgan fingerprint density at radius 2 is 1.48 bits per heavy atom. The summed E-state index contributed by atoms with van der Waals surface area (Å²) in [5, 5.41) is 19.0. The van der Waals surface area contributed by atoms with E-state index in [1.807, 2.05) is 0 Å². The van der Waals surface area contributed by atoms with Crippen molar-refractivity contribution < 1.29 is 29.4 Å². The summed E-state index contributed by atoms with van der Waals surface area (Å²) in [4.78, 5) is 42.0. The number of carboxylic acid groups (broad SMARTS) is 2. The van der Waals surface area contributed by atoms with E-state index in [1.165, 1.54) is 0 Å². The largest absolute Gasteiger partial charge is 0.481 e. The van der Waals surface area contributed by atoms with Gasteiger partial charge in [-0.3, -0.25) is 19.2 Å². The number of carbonyl (C=O) groups is 4. The molecule has 3 N–H and O–H groups in total. The van der Waals surface area contributed by atoms with E-state index in [2.05, 4.69) is 5.32 Å². The number of aliphatic carboxylic acids is 2. The topological polar surface area (TPSA) is 121 Å².